The number of carbonyl (C=O) groups is 5. The highest BCUT2D eigenvalue weighted by Crippen LogP contribution is 2.61. The third-order valence-corrected chi connectivity index (χ3v) is 7.91. The zero-order chi connectivity index (χ0) is 27.3. The highest BCUT2D eigenvalue weighted by atomic mass is 16.5. The second-order valence-electron chi connectivity index (χ2n) is 9.96. The van der Waals surface area contributed by atoms with E-state index in [1.165, 1.54) is 6.92 Å². The van der Waals surface area contributed by atoms with Crippen molar-refractivity contribution in [3.63, 3.8) is 0 Å². The van der Waals surface area contributed by atoms with Gasteiger partial charge in [-0.2, -0.15) is 0 Å². The molecule has 1 heterocycles. The van der Waals surface area contributed by atoms with Gasteiger partial charge in [0.25, 0.3) is 11.8 Å². The minimum absolute atomic E-state index is 0.281. The molecule has 1 fully saturated rings. The van der Waals surface area contributed by atoms with Crippen LogP contribution in [0.5, 0.6) is 0 Å². The van der Waals surface area contributed by atoms with Gasteiger partial charge in [-0.3, -0.25) is 34.9 Å². The summed E-state index contributed by atoms with van der Waals surface area (Å²) in [6.45, 7) is 0.732. The first-order valence-electron chi connectivity index (χ1n) is 12.7. The van der Waals surface area contributed by atoms with Gasteiger partial charge in [-0.05, 0) is 41.3 Å². The lowest BCUT2D eigenvalue weighted by molar-refractivity contribution is -0.159. The highest BCUT2D eigenvalue weighted by Gasteiger charge is 2.62. The van der Waals surface area contributed by atoms with Gasteiger partial charge in [-0.25, -0.2) is 4.79 Å². The standard InChI is InChI=1S/C30H25N3O6/c1-16(30(38)39-15-22(34)31-32-27(35)17-9-3-2-4-10-17)33-28(36)25-23-18-11-5-6-12-19(18)24(26(25)29(33)37)21-14-8-7-13-20(21)23/h2-14,16,23-26H,15H2,1H3,(H,31,34)(H,32,35)/t16-,23?,24?,25-,26+/m1/s1. The van der Waals surface area contributed by atoms with Crippen molar-refractivity contribution < 1.29 is 28.7 Å². The molecule has 1 saturated heterocycles. The molecule has 7 rings (SSSR count). The van der Waals surface area contributed by atoms with Gasteiger partial charge in [0.15, 0.2) is 6.61 Å². The maximum Gasteiger partial charge on any atom is 0.329 e. The first-order chi connectivity index (χ1) is 18.9. The number of likely N-dealkylation sites (tertiary alicyclic amines) is 1. The molecule has 0 saturated carbocycles. The summed E-state index contributed by atoms with van der Waals surface area (Å²) in [6.07, 6.45) is 0. The Kier molecular flexibility index (Phi) is 5.98. The summed E-state index contributed by atoms with van der Waals surface area (Å²) >= 11 is 0. The van der Waals surface area contributed by atoms with Gasteiger partial charge in [0, 0.05) is 17.4 Å². The fourth-order valence-electron chi connectivity index (χ4n) is 6.27. The van der Waals surface area contributed by atoms with Crippen molar-refractivity contribution in [2.75, 3.05) is 6.61 Å². The number of nitrogens with zero attached hydrogens (tertiary/aromatic N) is 1. The molecule has 9 heteroatoms. The van der Waals surface area contributed by atoms with E-state index in [0.29, 0.717) is 5.56 Å². The minimum Gasteiger partial charge on any atom is -0.454 e. The van der Waals surface area contributed by atoms with E-state index in [-0.39, 0.29) is 11.8 Å². The van der Waals surface area contributed by atoms with Crippen LogP contribution in [0.4, 0.5) is 0 Å². The first kappa shape index (κ1) is 24.5. The summed E-state index contributed by atoms with van der Waals surface area (Å²) in [5, 5.41) is 0. The number of esters is 1. The molecule has 1 aliphatic heterocycles. The lowest BCUT2D eigenvalue weighted by atomic mass is 9.55. The SMILES string of the molecule is C[C@H](C(=O)OCC(=O)NNC(=O)c1ccccc1)N1C(=O)[C@@H]2C3c4ccccc4C(c4ccccc43)[C@@H]2C1=O. The van der Waals surface area contributed by atoms with Gasteiger partial charge >= 0.3 is 5.97 Å². The van der Waals surface area contributed by atoms with E-state index in [2.05, 4.69) is 10.9 Å². The van der Waals surface area contributed by atoms with E-state index < -0.39 is 54.1 Å². The van der Waals surface area contributed by atoms with Gasteiger partial charge in [-0.15, -0.1) is 0 Å². The zero-order valence-electron chi connectivity index (χ0n) is 21.0. The second kappa shape index (κ2) is 9.50. The smallest absolute Gasteiger partial charge is 0.329 e. The molecule has 0 unspecified atom stereocenters. The Labute approximate surface area is 224 Å². The molecular formula is C30H25N3O6. The van der Waals surface area contributed by atoms with Crippen LogP contribution in [0.25, 0.3) is 0 Å². The summed E-state index contributed by atoms with van der Waals surface area (Å²) in [5.74, 6) is -4.79. The van der Waals surface area contributed by atoms with Crippen LogP contribution < -0.4 is 10.9 Å². The van der Waals surface area contributed by atoms with Crippen molar-refractivity contribution in [1.29, 1.82) is 0 Å². The van der Waals surface area contributed by atoms with Crippen LogP contribution in [-0.4, -0.2) is 47.1 Å². The average Bonchev–Trinajstić information content (AvgIpc) is 3.24. The molecule has 4 aliphatic rings. The molecule has 4 amide bonds. The van der Waals surface area contributed by atoms with Crippen LogP contribution >= 0.6 is 0 Å². The van der Waals surface area contributed by atoms with Crippen LogP contribution in [-0.2, 0) is 23.9 Å². The number of nitrogens with one attached hydrogen (secondary N) is 2. The molecule has 0 radical (unpaired) electrons. The van der Waals surface area contributed by atoms with Crippen molar-refractivity contribution in [3.8, 4) is 0 Å². The summed E-state index contributed by atoms with van der Waals surface area (Å²) in [4.78, 5) is 65.6. The molecule has 196 valence electrons. The van der Waals surface area contributed by atoms with Crippen LogP contribution in [0.2, 0.25) is 0 Å². The van der Waals surface area contributed by atoms with Crippen molar-refractivity contribution in [2.24, 2.45) is 11.8 Å². The van der Waals surface area contributed by atoms with Crippen molar-refractivity contribution in [3.05, 3.63) is 107 Å². The number of imide groups is 1. The van der Waals surface area contributed by atoms with E-state index in [9.17, 15) is 24.0 Å². The number of benzene rings is 3. The summed E-state index contributed by atoms with van der Waals surface area (Å²) in [7, 11) is 0. The fourth-order valence-corrected chi connectivity index (χ4v) is 6.27. The van der Waals surface area contributed by atoms with Crippen LogP contribution in [0.15, 0.2) is 78.9 Å². The Bertz CT molecular complexity index is 1400. The predicted octanol–water partition coefficient (Wildman–Crippen LogP) is 2.27. The average molecular weight is 524 g/mol. The van der Waals surface area contributed by atoms with Gasteiger partial charge < -0.3 is 4.74 Å². The van der Waals surface area contributed by atoms with Crippen LogP contribution in [0.1, 0.15) is 51.4 Å². The molecule has 3 aliphatic carbocycles. The zero-order valence-corrected chi connectivity index (χ0v) is 21.0. The van der Waals surface area contributed by atoms with E-state index in [1.54, 1.807) is 30.3 Å². The largest absolute Gasteiger partial charge is 0.454 e. The van der Waals surface area contributed by atoms with Crippen molar-refractivity contribution in [2.45, 2.75) is 24.8 Å². The summed E-state index contributed by atoms with van der Waals surface area (Å²) < 4.78 is 5.11. The molecule has 3 atom stereocenters. The maximum atomic E-state index is 13.7. The quantitative estimate of drug-likeness (QED) is 0.301. The monoisotopic (exact) mass is 523 g/mol. The Morgan fingerprint density at radius 1 is 0.744 bits per heavy atom. The lowest BCUT2D eigenvalue weighted by Crippen LogP contribution is -2.47. The summed E-state index contributed by atoms with van der Waals surface area (Å²) in [6, 6.07) is 22.8. The molecule has 3 aromatic rings. The van der Waals surface area contributed by atoms with E-state index in [4.69, 9.17) is 4.74 Å². The second-order valence-corrected chi connectivity index (χ2v) is 9.96. The molecule has 2 bridgehead atoms. The number of hydrogen-bond donors (Lipinski definition) is 2. The Morgan fingerprint density at radius 2 is 1.21 bits per heavy atom. The van der Waals surface area contributed by atoms with Crippen molar-refractivity contribution >= 4 is 29.6 Å². The fraction of sp³-hybridized carbons (Fsp3) is 0.233. The van der Waals surface area contributed by atoms with E-state index >= 15 is 0 Å². The van der Waals surface area contributed by atoms with E-state index in [1.807, 2.05) is 48.5 Å². The van der Waals surface area contributed by atoms with Crippen molar-refractivity contribution in [1.82, 2.24) is 15.8 Å². The Balaban J connectivity index is 1.15. The van der Waals surface area contributed by atoms with Gasteiger partial charge in [0.2, 0.25) is 11.8 Å². The minimum atomic E-state index is -1.21. The first-order valence-corrected chi connectivity index (χ1v) is 12.7. The number of rotatable bonds is 5. The Morgan fingerprint density at radius 3 is 1.69 bits per heavy atom. The Hall–Kier alpha value is -4.79. The number of hydrogen-bond acceptors (Lipinski definition) is 6. The van der Waals surface area contributed by atoms with Gasteiger partial charge in [-0.1, -0.05) is 66.7 Å². The number of ether oxygens (including phenoxy) is 1. The molecule has 0 aromatic heterocycles. The van der Waals surface area contributed by atoms with Crippen LogP contribution in [0.3, 0.4) is 0 Å². The molecule has 39 heavy (non-hydrogen) atoms. The van der Waals surface area contributed by atoms with E-state index in [0.717, 1.165) is 27.2 Å². The third kappa shape index (κ3) is 3.89. The number of carbonyl (C=O) groups excluding carboxylic acids is 5. The number of amides is 4. The molecule has 9 nitrogen and oxygen atoms in total. The van der Waals surface area contributed by atoms with Gasteiger partial charge in [0.1, 0.15) is 6.04 Å². The third-order valence-electron chi connectivity index (χ3n) is 7.91. The normalized spacial score (nSPS) is 22.8. The predicted molar refractivity (Wildman–Crippen MR) is 138 cm³/mol. The van der Waals surface area contributed by atoms with Gasteiger partial charge in [0.05, 0.1) is 11.8 Å². The molecular weight excluding hydrogens is 498 g/mol. The highest BCUT2D eigenvalue weighted by molar-refractivity contribution is 6.10. The maximum absolute atomic E-state index is 13.7. The molecule has 0 spiro atoms. The van der Waals surface area contributed by atoms with Crippen LogP contribution in [0, 0.1) is 11.8 Å². The molecule has 2 N–H and O–H groups in total. The number of hydrazine groups is 1. The lowest BCUT2D eigenvalue weighted by Gasteiger charge is -2.45. The molecule has 3 aromatic carbocycles. The summed E-state index contributed by atoms with van der Waals surface area (Å²) in [5.41, 5.74) is 8.91. The topological polar surface area (TPSA) is 122 Å².